The third kappa shape index (κ3) is 12.5. The van der Waals surface area contributed by atoms with E-state index in [0.29, 0.717) is 26.0 Å². The van der Waals surface area contributed by atoms with Gasteiger partial charge in [0.25, 0.3) is 0 Å². The number of anilines is 1. The second-order valence-corrected chi connectivity index (χ2v) is 10.5. The van der Waals surface area contributed by atoms with Crippen molar-refractivity contribution in [3.8, 4) is 0 Å². The normalized spacial score (nSPS) is 15.3. The topological polar surface area (TPSA) is 91.3 Å². The van der Waals surface area contributed by atoms with Crippen molar-refractivity contribution in [2.75, 3.05) is 63.0 Å². The van der Waals surface area contributed by atoms with E-state index in [1.54, 1.807) is 16.8 Å². The minimum atomic E-state index is -0.497. The summed E-state index contributed by atoms with van der Waals surface area (Å²) in [6, 6.07) is 7.50. The molecule has 1 heterocycles. The number of aliphatic hydroxyl groups is 1. The van der Waals surface area contributed by atoms with Gasteiger partial charge in [0.05, 0.1) is 25.0 Å². The Morgan fingerprint density at radius 1 is 1.19 bits per heavy atom. The molecule has 208 valence electrons. The number of rotatable bonds is 17. The highest BCUT2D eigenvalue weighted by atomic mass is 32.2. The molecule has 1 fully saturated rings. The molecule has 1 aromatic rings. The molecule has 0 aliphatic carbocycles. The number of esters is 1. The van der Waals surface area contributed by atoms with E-state index >= 15 is 0 Å². The molecular weight excluding hydrogens is 490 g/mol. The van der Waals surface area contributed by atoms with Crippen LogP contribution in [0.25, 0.3) is 0 Å². The number of thioether (sulfide) groups is 1. The van der Waals surface area contributed by atoms with Gasteiger partial charge < -0.3 is 14.6 Å². The van der Waals surface area contributed by atoms with Gasteiger partial charge in [-0.2, -0.15) is 11.8 Å². The third-order valence-corrected chi connectivity index (χ3v) is 6.80. The van der Waals surface area contributed by atoms with Crippen LogP contribution in [0.1, 0.15) is 57.6 Å². The molecule has 0 radical (unpaired) electrons. The minimum Gasteiger partial charge on any atom is -0.464 e. The zero-order valence-electron chi connectivity index (χ0n) is 22.7. The average Bonchev–Trinajstić information content (AvgIpc) is 2.91. The Hall–Kier alpha value is -1.91. The molecule has 2 rings (SSSR count). The van der Waals surface area contributed by atoms with E-state index in [9.17, 15) is 14.7 Å². The fraction of sp³-hybridized carbons (Fsp3) is 0.643. The summed E-state index contributed by atoms with van der Waals surface area (Å²) >= 11 is 1.71. The summed E-state index contributed by atoms with van der Waals surface area (Å²) in [4.78, 5) is 26.9. The van der Waals surface area contributed by atoms with Crippen LogP contribution in [0, 0.1) is 5.92 Å². The molecule has 2 N–H and O–H groups in total. The maximum absolute atomic E-state index is 12.8. The number of unbranched alkanes of at least 4 members (excludes halogenated alkanes) is 2. The molecule has 1 aliphatic rings. The molecule has 0 spiro atoms. The zero-order valence-corrected chi connectivity index (χ0v) is 23.5. The highest BCUT2D eigenvalue weighted by Crippen LogP contribution is 2.22. The van der Waals surface area contributed by atoms with Crippen molar-refractivity contribution in [1.82, 2.24) is 10.3 Å². The fourth-order valence-electron chi connectivity index (χ4n) is 3.86. The largest absolute Gasteiger partial charge is 0.464 e. The predicted octanol–water partition coefficient (Wildman–Crippen LogP) is 3.96. The van der Waals surface area contributed by atoms with E-state index < -0.39 is 6.10 Å². The smallest absolute Gasteiger partial charge is 0.305 e. The van der Waals surface area contributed by atoms with Crippen molar-refractivity contribution in [3.05, 3.63) is 42.0 Å². The SMILES string of the molecule is CSCCC(O)c1ccc(N(NC/C=C\CCCCC(=O)OCCN2CCOCC2)C(=O)C(C)C)cc1. The van der Waals surface area contributed by atoms with Gasteiger partial charge in [0.15, 0.2) is 0 Å². The lowest BCUT2D eigenvalue weighted by atomic mass is 10.1. The molecule has 1 aliphatic heterocycles. The maximum Gasteiger partial charge on any atom is 0.305 e. The predicted molar refractivity (Wildman–Crippen MR) is 151 cm³/mol. The number of hydrogen-bond donors (Lipinski definition) is 2. The molecule has 1 unspecified atom stereocenters. The molecule has 0 saturated carbocycles. The van der Waals surface area contributed by atoms with Crippen molar-refractivity contribution in [2.24, 2.45) is 5.92 Å². The summed E-state index contributed by atoms with van der Waals surface area (Å²) in [6.45, 7) is 8.78. The quantitative estimate of drug-likeness (QED) is 0.134. The van der Waals surface area contributed by atoms with Crippen LogP contribution in [0.3, 0.4) is 0 Å². The van der Waals surface area contributed by atoms with Crippen LogP contribution in [0.15, 0.2) is 36.4 Å². The lowest BCUT2D eigenvalue weighted by Crippen LogP contribution is -2.45. The Morgan fingerprint density at radius 3 is 2.59 bits per heavy atom. The van der Waals surface area contributed by atoms with Crippen molar-refractivity contribution in [1.29, 1.82) is 0 Å². The van der Waals surface area contributed by atoms with Gasteiger partial charge >= 0.3 is 5.97 Å². The van der Waals surface area contributed by atoms with Crippen molar-refractivity contribution >= 4 is 29.3 Å². The van der Waals surface area contributed by atoms with Gasteiger partial charge in [-0.25, -0.2) is 10.4 Å². The number of nitrogens with one attached hydrogen (secondary N) is 1. The Bertz CT molecular complexity index is 813. The first-order valence-electron chi connectivity index (χ1n) is 13.4. The van der Waals surface area contributed by atoms with Gasteiger partial charge in [0.2, 0.25) is 5.91 Å². The monoisotopic (exact) mass is 535 g/mol. The summed E-state index contributed by atoms with van der Waals surface area (Å²) in [7, 11) is 0. The Kier molecular flexibility index (Phi) is 15.5. The number of morpholine rings is 1. The first kappa shape index (κ1) is 31.3. The minimum absolute atomic E-state index is 0.0174. The number of hydrazine groups is 1. The van der Waals surface area contributed by atoms with E-state index in [1.165, 1.54) is 0 Å². The third-order valence-electron chi connectivity index (χ3n) is 6.16. The first-order valence-corrected chi connectivity index (χ1v) is 14.8. The number of ether oxygens (including phenoxy) is 2. The van der Waals surface area contributed by atoms with Crippen molar-refractivity contribution in [3.63, 3.8) is 0 Å². The van der Waals surface area contributed by atoms with E-state index in [0.717, 1.165) is 69.1 Å². The molecule has 8 nitrogen and oxygen atoms in total. The van der Waals surface area contributed by atoms with Crippen LogP contribution in [0.4, 0.5) is 5.69 Å². The molecular formula is C28H45N3O5S. The zero-order chi connectivity index (χ0) is 26.9. The number of allylic oxidation sites excluding steroid dienone is 1. The Balaban J connectivity index is 1.67. The van der Waals surface area contributed by atoms with Gasteiger partial charge in [0.1, 0.15) is 6.61 Å². The van der Waals surface area contributed by atoms with Gasteiger partial charge in [0, 0.05) is 38.5 Å². The second kappa shape index (κ2) is 18.4. The summed E-state index contributed by atoms with van der Waals surface area (Å²) in [5.74, 6) is 0.589. The highest BCUT2D eigenvalue weighted by molar-refractivity contribution is 7.98. The standard InChI is InChI=1S/C28H45N3O5S/c1-23(2)28(34)31(25-12-10-24(11-13-25)26(32)14-22-37-3)29-15-8-6-4-5-7-9-27(33)36-21-18-30-16-19-35-20-17-30/h6,8,10-13,23,26,29,32H,4-5,7,9,14-22H2,1-3H3/b8-6-. The van der Waals surface area contributed by atoms with E-state index in [1.807, 2.05) is 50.4 Å². The van der Waals surface area contributed by atoms with Crippen molar-refractivity contribution in [2.45, 2.75) is 52.1 Å². The van der Waals surface area contributed by atoms with E-state index in [-0.39, 0.29) is 17.8 Å². The van der Waals surface area contributed by atoms with Crippen molar-refractivity contribution < 1.29 is 24.2 Å². The van der Waals surface area contributed by atoms with E-state index in [4.69, 9.17) is 9.47 Å². The summed E-state index contributed by atoms with van der Waals surface area (Å²) in [5, 5.41) is 11.9. The lowest BCUT2D eigenvalue weighted by Gasteiger charge is -2.26. The number of carbonyl (C=O) groups is 2. The average molecular weight is 536 g/mol. The summed E-state index contributed by atoms with van der Waals surface area (Å²) in [5.41, 5.74) is 4.81. The first-order chi connectivity index (χ1) is 17.9. The van der Waals surface area contributed by atoms with Crippen LogP contribution in [-0.2, 0) is 19.1 Å². The summed E-state index contributed by atoms with van der Waals surface area (Å²) < 4.78 is 10.7. The summed E-state index contributed by atoms with van der Waals surface area (Å²) in [6.07, 6.45) is 9.30. The lowest BCUT2D eigenvalue weighted by molar-refractivity contribution is -0.144. The molecule has 1 amide bonds. The number of amides is 1. The van der Waals surface area contributed by atoms with Crippen LogP contribution in [-0.4, -0.2) is 79.9 Å². The molecule has 1 aromatic carbocycles. The molecule has 1 atom stereocenters. The molecule has 1 saturated heterocycles. The number of hydrogen-bond acceptors (Lipinski definition) is 8. The molecule has 9 heteroatoms. The van der Waals surface area contributed by atoms with Crippen LogP contribution in [0.5, 0.6) is 0 Å². The van der Waals surface area contributed by atoms with Crippen LogP contribution >= 0.6 is 11.8 Å². The number of aliphatic hydroxyl groups excluding tert-OH is 1. The number of carbonyl (C=O) groups excluding carboxylic acids is 2. The Labute approximate surface area is 226 Å². The molecule has 37 heavy (non-hydrogen) atoms. The molecule has 0 bridgehead atoms. The second-order valence-electron chi connectivity index (χ2n) is 9.47. The highest BCUT2D eigenvalue weighted by Gasteiger charge is 2.19. The van der Waals surface area contributed by atoms with Gasteiger partial charge in [-0.05, 0) is 55.4 Å². The Morgan fingerprint density at radius 2 is 1.92 bits per heavy atom. The number of nitrogens with zero attached hydrogens (tertiary/aromatic N) is 2. The van der Waals surface area contributed by atoms with Gasteiger partial charge in [-0.1, -0.05) is 38.1 Å². The number of benzene rings is 1. The van der Waals surface area contributed by atoms with E-state index in [2.05, 4.69) is 16.4 Å². The molecule has 0 aromatic heterocycles. The van der Waals surface area contributed by atoms with Crippen LogP contribution in [0.2, 0.25) is 0 Å². The van der Waals surface area contributed by atoms with Crippen LogP contribution < -0.4 is 10.4 Å². The van der Waals surface area contributed by atoms with Gasteiger partial charge in [-0.3, -0.25) is 14.5 Å². The van der Waals surface area contributed by atoms with Gasteiger partial charge in [-0.15, -0.1) is 0 Å². The fourth-order valence-corrected chi connectivity index (χ4v) is 4.32. The maximum atomic E-state index is 12.8.